The van der Waals surface area contributed by atoms with Gasteiger partial charge in [0.2, 0.25) is 0 Å². The van der Waals surface area contributed by atoms with Crippen LogP contribution in [-0.4, -0.2) is 30.9 Å². The molecule has 0 bridgehead atoms. The molecule has 0 saturated heterocycles. The predicted octanol–water partition coefficient (Wildman–Crippen LogP) is 7.71. The Kier molecular flexibility index (Phi) is 12.2. The number of thiazole rings is 1. The molecule has 0 fully saturated rings. The maximum atomic E-state index is 14.4. The lowest BCUT2D eigenvalue weighted by Crippen LogP contribution is -2.40. The highest BCUT2D eigenvalue weighted by molar-refractivity contribution is 9.10. The lowest BCUT2D eigenvalue weighted by atomic mass is 9.94. The molecule has 5 rings (SSSR count). The molecule has 1 atom stereocenters. The van der Waals surface area contributed by atoms with Gasteiger partial charge in [0.15, 0.2) is 16.3 Å². The van der Waals surface area contributed by atoms with Crippen LogP contribution in [0.5, 0.6) is 17.2 Å². The first-order valence-electron chi connectivity index (χ1n) is 16.1. The zero-order valence-corrected chi connectivity index (χ0v) is 31.0. The molecule has 3 aromatic carbocycles. The number of nitrogens with zero attached hydrogens (tertiary/aromatic N) is 2. The lowest BCUT2D eigenvalue weighted by Gasteiger charge is -2.26. The van der Waals surface area contributed by atoms with Crippen molar-refractivity contribution in [3.05, 3.63) is 130 Å². The predicted molar refractivity (Wildman–Crippen MR) is 198 cm³/mol. The first-order chi connectivity index (χ1) is 23.7. The Balaban J connectivity index is 1.68. The van der Waals surface area contributed by atoms with E-state index in [4.69, 9.17) is 35.5 Å². The number of rotatable bonds is 14. The second-order valence-electron chi connectivity index (χ2n) is 11.1. The fraction of sp³-hybridized carbons (Fsp3) is 0.289. The van der Waals surface area contributed by atoms with Crippen molar-refractivity contribution in [2.45, 2.75) is 52.7 Å². The Morgan fingerprint density at radius 1 is 1.06 bits per heavy atom. The highest BCUT2D eigenvalue weighted by atomic mass is 79.9. The normalized spacial score (nSPS) is 14.2. The van der Waals surface area contributed by atoms with E-state index < -0.39 is 12.0 Å². The molecule has 256 valence electrons. The molecule has 0 amide bonds. The van der Waals surface area contributed by atoms with Crippen LogP contribution in [0, 0.1) is 0 Å². The smallest absolute Gasteiger partial charge is 0.338 e. The van der Waals surface area contributed by atoms with E-state index >= 15 is 0 Å². The van der Waals surface area contributed by atoms with E-state index in [1.807, 2.05) is 74.5 Å². The number of hydrogen-bond donors (Lipinski definition) is 0. The summed E-state index contributed by atoms with van der Waals surface area (Å²) < 4.78 is 26.1. The number of allylic oxidation sites excluding steroid dienone is 2. The van der Waals surface area contributed by atoms with Crippen molar-refractivity contribution in [2.24, 2.45) is 4.99 Å². The fourth-order valence-electron chi connectivity index (χ4n) is 5.71. The van der Waals surface area contributed by atoms with Gasteiger partial charge in [-0.3, -0.25) is 9.36 Å². The van der Waals surface area contributed by atoms with E-state index in [1.165, 1.54) is 11.3 Å². The van der Waals surface area contributed by atoms with E-state index in [0.717, 1.165) is 28.7 Å². The zero-order valence-electron chi connectivity index (χ0n) is 27.9. The molecule has 0 N–H and O–H groups in total. The van der Waals surface area contributed by atoms with Crippen molar-refractivity contribution in [1.82, 2.24) is 4.57 Å². The van der Waals surface area contributed by atoms with Crippen LogP contribution in [-0.2, 0) is 22.6 Å². The van der Waals surface area contributed by atoms with Crippen molar-refractivity contribution in [1.29, 1.82) is 0 Å². The Morgan fingerprint density at radius 3 is 2.53 bits per heavy atom. The van der Waals surface area contributed by atoms with Crippen molar-refractivity contribution in [3.63, 3.8) is 0 Å². The number of methoxy groups -OCH3 is 1. The quantitative estimate of drug-likeness (QED) is 0.0966. The van der Waals surface area contributed by atoms with Crippen molar-refractivity contribution >= 4 is 50.9 Å². The lowest BCUT2D eigenvalue weighted by molar-refractivity contribution is -0.139. The number of esters is 1. The summed E-state index contributed by atoms with van der Waals surface area (Å²) in [7, 11) is 1.58. The zero-order chi connectivity index (χ0) is 35.1. The van der Waals surface area contributed by atoms with Gasteiger partial charge in [0.25, 0.3) is 5.56 Å². The molecule has 8 nitrogen and oxygen atoms in total. The topological polar surface area (TPSA) is 88.4 Å². The van der Waals surface area contributed by atoms with Gasteiger partial charge in [0.05, 0.1) is 46.6 Å². The summed E-state index contributed by atoms with van der Waals surface area (Å²) in [6.07, 6.45) is 5.43. The summed E-state index contributed by atoms with van der Waals surface area (Å²) in [6.45, 7) is 10.5. The van der Waals surface area contributed by atoms with Gasteiger partial charge in [0, 0.05) is 16.1 Å². The van der Waals surface area contributed by atoms with Crippen LogP contribution in [0.15, 0.2) is 92.8 Å². The number of ether oxygens (including phenoxy) is 4. The van der Waals surface area contributed by atoms with Crippen molar-refractivity contribution in [3.8, 4) is 17.2 Å². The van der Waals surface area contributed by atoms with E-state index in [-0.39, 0.29) is 18.8 Å². The summed E-state index contributed by atoms with van der Waals surface area (Å²) in [4.78, 5) is 33.3. The molecule has 1 aliphatic heterocycles. The van der Waals surface area contributed by atoms with E-state index in [1.54, 1.807) is 24.7 Å². The van der Waals surface area contributed by atoms with Gasteiger partial charge < -0.3 is 18.9 Å². The van der Waals surface area contributed by atoms with Crippen LogP contribution in [0.3, 0.4) is 0 Å². The molecule has 11 heteroatoms. The van der Waals surface area contributed by atoms with Gasteiger partial charge in [-0.15, -0.1) is 6.58 Å². The third kappa shape index (κ3) is 7.87. The van der Waals surface area contributed by atoms with Crippen LogP contribution >= 0.6 is 38.9 Å². The largest absolute Gasteiger partial charge is 0.496 e. The molecule has 0 aliphatic carbocycles. The summed E-state index contributed by atoms with van der Waals surface area (Å²) in [6, 6.07) is 16.1. The Bertz CT molecular complexity index is 2090. The van der Waals surface area contributed by atoms with Gasteiger partial charge in [-0.25, -0.2) is 9.79 Å². The van der Waals surface area contributed by atoms with Crippen molar-refractivity contribution < 1.29 is 23.7 Å². The minimum absolute atomic E-state index is 0.193. The second-order valence-corrected chi connectivity index (χ2v) is 13.4. The Hall–Kier alpha value is -4.12. The van der Waals surface area contributed by atoms with Crippen LogP contribution in [0.4, 0.5) is 0 Å². The number of halogens is 2. The maximum absolute atomic E-state index is 14.4. The minimum Gasteiger partial charge on any atom is -0.496 e. The molecule has 1 aliphatic rings. The highest BCUT2D eigenvalue weighted by Crippen LogP contribution is 2.37. The van der Waals surface area contributed by atoms with Gasteiger partial charge in [-0.2, -0.15) is 0 Å². The second kappa shape index (κ2) is 16.5. The number of aromatic nitrogens is 1. The summed E-state index contributed by atoms with van der Waals surface area (Å²) in [5, 5.41) is 0.617. The van der Waals surface area contributed by atoms with Gasteiger partial charge in [0.1, 0.15) is 12.4 Å². The first kappa shape index (κ1) is 36.2. The Labute approximate surface area is 303 Å². The average molecular weight is 766 g/mol. The molecule has 4 aromatic rings. The van der Waals surface area contributed by atoms with Crippen LogP contribution in [0.2, 0.25) is 5.02 Å². The number of carbonyl (C=O) groups is 1. The molecule has 1 aromatic heterocycles. The molecule has 0 saturated carbocycles. The van der Waals surface area contributed by atoms with Crippen LogP contribution < -0.4 is 29.1 Å². The van der Waals surface area contributed by atoms with Crippen molar-refractivity contribution in [2.75, 3.05) is 20.3 Å². The number of carbonyl (C=O) groups excluding carboxylic acids is 1. The van der Waals surface area contributed by atoms with E-state index in [2.05, 4.69) is 22.5 Å². The van der Waals surface area contributed by atoms with E-state index in [0.29, 0.717) is 66.8 Å². The first-order valence-corrected chi connectivity index (χ1v) is 18.0. The molecule has 49 heavy (non-hydrogen) atoms. The summed E-state index contributed by atoms with van der Waals surface area (Å²) in [5.41, 5.74) is 3.86. The molecule has 0 unspecified atom stereocenters. The molecule has 0 radical (unpaired) electrons. The van der Waals surface area contributed by atoms with Gasteiger partial charge in [-0.05, 0) is 90.2 Å². The van der Waals surface area contributed by atoms with Crippen LogP contribution in [0.1, 0.15) is 61.9 Å². The maximum Gasteiger partial charge on any atom is 0.338 e. The molecule has 2 heterocycles. The molecular weight excluding hydrogens is 728 g/mol. The minimum atomic E-state index is -0.753. The third-order valence-electron chi connectivity index (χ3n) is 7.83. The third-order valence-corrected chi connectivity index (χ3v) is 9.80. The number of hydrogen-bond acceptors (Lipinski definition) is 8. The SMILES string of the molecule is C=CCc1cc(/C=c2/sc3n(c2=O)[C@H](c2ccc(OC)c(Br)c2)C(C(=O)OCC)=C(CCC)N=3)cc(OCC)c1OCc1ccccc1Cl. The standard InChI is InChI=1S/C38H38BrClN2O6S/c1-6-12-25-18-23(19-31(46-8-3)35(25)48-22-26-14-10-11-15-28(26)40)20-32-36(43)42-34(24-16-17-30(45-5)27(39)21-24)33(37(44)47-9-4)29(13-7-2)41-38(42)49-32/h6,10-11,14-21,34H,1,7-9,12-13,22H2,2-5H3/b32-20+/t34-/m1/s1. The van der Waals surface area contributed by atoms with Crippen LogP contribution in [0.25, 0.3) is 6.08 Å². The fourth-order valence-corrected chi connectivity index (χ4v) is 7.47. The highest BCUT2D eigenvalue weighted by Gasteiger charge is 2.34. The number of benzene rings is 3. The molecular formula is C38H38BrClN2O6S. The number of fused-ring (bicyclic) bond motifs is 1. The summed E-state index contributed by atoms with van der Waals surface area (Å²) in [5.74, 6) is 1.27. The monoisotopic (exact) mass is 764 g/mol. The summed E-state index contributed by atoms with van der Waals surface area (Å²) >= 11 is 11.3. The Morgan fingerprint density at radius 2 is 1.86 bits per heavy atom. The van der Waals surface area contributed by atoms with E-state index in [9.17, 15) is 9.59 Å². The van der Waals surface area contributed by atoms with Gasteiger partial charge >= 0.3 is 5.97 Å². The average Bonchev–Trinajstić information content (AvgIpc) is 3.38. The van der Waals surface area contributed by atoms with Gasteiger partial charge in [-0.1, -0.05) is 66.6 Å². The molecule has 0 spiro atoms.